The Morgan fingerprint density at radius 1 is 0.483 bits per heavy atom. The van der Waals surface area contributed by atoms with E-state index in [4.69, 9.17) is 0 Å². The number of aromatic nitrogens is 4. The van der Waals surface area contributed by atoms with Crippen LogP contribution in [0.1, 0.15) is 55.8 Å². The molecule has 0 bridgehead atoms. The van der Waals surface area contributed by atoms with Gasteiger partial charge in [0.1, 0.15) is 0 Å². The molecule has 0 fully saturated rings. The molecule has 16 nitrogen and oxygen atoms in total. The summed E-state index contributed by atoms with van der Waals surface area (Å²) in [6.07, 6.45) is 6.66. The topological polar surface area (TPSA) is 226 Å². The molecule has 0 aliphatic rings. The Labute approximate surface area is 341 Å². The molecule has 0 saturated carbocycles. The van der Waals surface area contributed by atoms with E-state index in [0.717, 1.165) is 11.1 Å². The number of rotatable bonds is 14. The Kier molecular flexibility index (Phi) is 13.0. The third kappa shape index (κ3) is 11.3. The molecule has 4 amide bonds. The summed E-state index contributed by atoms with van der Waals surface area (Å²) in [7, 11) is 0. The van der Waals surface area contributed by atoms with Gasteiger partial charge in [0.2, 0.25) is 11.8 Å². The fraction of sp³-hybridized carbons (Fsp3) is 0.136. The summed E-state index contributed by atoms with van der Waals surface area (Å²) in [4.78, 5) is 102. The molecule has 0 radical (unpaired) electrons. The first-order valence-electron chi connectivity index (χ1n) is 18.7. The van der Waals surface area contributed by atoms with Crippen molar-refractivity contribution in [1.82, 2.24) is 19.1 Å². The first kappa shape index (κ1) is 41.5. The summed E-state index contributed by atoms with van der Waals surface area (Å²) in [5, 5.41) is 11.2. The Bertz CT molecular complexity index is 2620. The lowest BCUT2D eigenvalue weighted by Crippen LogP contribution is -2.31. The maximum absolute atomic E-state index is 12.9. The van der Waals surface area contributed by atoms with Crippen LogP contribution < -0.4 is 43.8 Å². The van der Waals surface area contributed by atoms with Gasteiger partial charge in [0.15, 0.2) is 0 Å². The SMILES string of the molecule is Cc1cn(CCC(=O)Nc2ccc(C(=O)Nc3ccc(/C=C/c4ccc(NC(=O)c5ccc(NC(=O)CCn6cc(C)c(=O)[nH]c6=O)cc5)cc4)cc3)cc2)c(=O)[nH]c1=O. The highest BCUT2D eigenvalue weighted by atomic mass is 16.2. The lowest BCUT2D eigenvalue weighted by Gasteiger charge is -2.09. The van der Waals surface area contributed by atoms with Gasteiger partial charge in [-0.1, -0.05) is 36.4 Å². The van der Waals surface area contributed by atoms with Crippen molar-refractivity contribution in [1.29, 1.82) is 0 Å². The van der Waals surface area contributed by atoms with Gasteiger partial charge in [-0.15, -0.1) is 0 Å². The van der Waals surface area contributed by atoms with Crippen LogP contribution in [0, 0.1) is 13.8 Å². The molecular weight excluding hydrogens is 769 g/mol. The summed E-state index contributed by atoms with van der Waals surface area (Å²) in [6, 6.07) is 27.3. The van der Waals surface area contributed by atoms with Crippen molar-refractivity contribution in [2.24, 2.45) is 0 Å². The second kappa shape index (κ2) is 18.9. The molecule has 4 aromatic carbocycles. The van der Waals surface area contributed by atoms with Crippen molar-refractivity contribution in [3.05, 3.63) is 185 Å². The molecule has 2 heterocycles. The standard InChI is InChI=1S/C44H40N8O8/c1-27-25-51(43(59)49-39(27)55)23-21-37(53)45-33-17-9-31(10-18-33)41(57)47-35-13-5-29(6-14-35)3-4-30-7-15-36(16-8-30)48-42(58)32-11-19-34(20-12-32)46-38(54)22-24-52-26-28(2)40(56)50-44(52)60/h3-20,25-26H,21-24H2,1-2H3,(H,45,53)(H,46,54)(H,47,57)(H,48,58)(H,49,55,59)(H,50,56,60)/b4-3+. The van der Waals surface area contributed by atoms with Crippen molar-refractivity contribution in [2.75, 3.05) is 21.3 Å². The second-order valence-electron chi connectivity index (χ2n) is 13.8. The van der Waals surface area contributed by atoms with Gasteiger partial charge in [-0.3, -0.25) is 47.9 Å². The molecule has 0 spiro atoms. The van der Waals surface area contributed by atoms with Gasteiger partial charge in [0, 0.05) is 83.3 Å². The molecular formula is C44H40N8O8. The van der Waals surface area contributed by atoms with Gasteiger partial charge in [-0.25, -0.2) is 9.59 Å². The van der Waals surface area contributed by atoms with Crippen LogP contribution >= 0.6 is 0 Å². The first-order chi connectivity index (χ1) is 28.8. The molecule has 2 aromatic heterocycles. The summed E-state index contributed by atoms with van der Waals surface area (Å²) < 4.78 is 2.54. The lowest BCUT2D eigenvalue weighted by atomic mass is 10.1. The highest BCUT2D eigenvalue weighted by Crippen LogP contribution is 2.18. The van der Waals surface area contributed by atoms with E-state index in [1.165, 1.54) is 21.5 Å². The Morgan fingerprint density at radius 2 is 0.800 bits per heavy atom. The predicted molar refractivity (Wildman–Crippen MR) is 229 cm³/mol. The Balaban J connectivity index is 0.927. The van der Waals surface area contributed by atoms with E-state index in [0.29, 0.717) is 45.0 Å². The average molecular weight is 809 g/mol. The molecule has 0 saturated heterocycles. The molecule has 16 heteroatoms. The predicted octanol–water partition coefficient (Wildman–Crippen LogP) is 4.74. The molecule has 0 unspecified atom stereocenters. The van der Waals surface area contributed by atoms with Crippen molar-refractivity contribution >= 4 is 58.5 Å². The molecule has 0 aliphatic heterocycles. The van der Waals surface area contributed by atoms with Crippen LogP contribution in [-0.4, -0.2) is 42.7 Å². The Hall–Kier alpha value is -8.14. The number of anilines is 4. The maximum atomic E-state index is 12.9. The fourth-order valence-electron chi connectivity index (χ4n) is 5.82. The number of carbonyl (C=O) groups excluding carboxylic acids is 4. The van der Waals surface area contributed by atoms with Gasteiger partial charge in [0.25, 0.3) is 22.9 Å². The van der Waals surface area contributed by atoms with E-state index in [1.807, 2.05) is 36.4 Å². The van der Waals surface area contributed by atoms with E-state index in [9.17, 15) is 38.4 Å². The Morgan fingerprint density at radius 3 is 1.15 bits per heavy atom. The van der Waals surface area contributed by atoms with E-state index in [1.54, 1.807) is 86.6 Å². The molecule has 0 atom stereocenters. The molecule has 0 aliphatic carbocycles. The van der Waals surface area contributed by atoms with Gasteiger partial charge in [-0.05, 0) is 97.8 Å². The highest BCUT2D eigenvalue weighted by molar-refractivity contribution is 6.05. The first-order valence-corrected chi connectivity index (χ1v) is 18.7. The smallest absolute Gasteiger partial charge is 0.326 e. The zero-order chi connectivity index (χ0) is 42.8. The average Bonchev–Trinajstić information content (AvgIpc) is 3.23. The number of nitrogens with one attached hydrogen (secondary N) is 6. The van der Waals surface area contributed by atoms with Crippen LogP contribution in [-0.2, 0) is 22.7 Å². The molecule has 6 aromatic rings. The number of H-pyrrole nitrogens is 2. The second-order valence-corrected chi connectivity index (χ2v) is 13.8. The van der Waals surface area contributed by atoms with E-state index < -0.39 is 22.5 Å². The van der Waals surface area contributed by atoms with Crippen LogP contribution in [0.5, 0.6) is 0 Å². The van der Waals surface area contributed by atoms with E-state index in [-0.39, 0.29) is 49.6 Å². The summed E-state index contributed by atoms with van der Waals surface area (Å²) in [6.45, 7) is 3.33. The quantitative estimate of drug-likeness (QED) is 0.0842. The third-order valence-corrected chi connectivity index (χ3v) is 9.20. The number of amides is 4. The van der Waals surface area contributed by atoms with Crippen molar-refractivity contribution in [2.45, 2.75) is 39.8 Å². The van der Waals surface area contributed by atoms with Crippen LogP contribution in [0.15, 0.2) is 129 Å². The molecule has 60 heavy (non-hydrogen) atoms. The van der Waals surface area contributed by atoms with Gasteiger partial charge >= 0.3 is 11.4 Å². The van der Waals surface area contributed by atoms with Crippen LogP contribution in [0.4, 0.5) is 22.7 Å². The summed E-state index contributed by atoms with van der Waals surface area (Å²) >= 11 is 0. The number of carbonyl (C=O) groups is 4. The van der Waals surface area contributed by atoms with E-state index >= 15 is 0 Å². The largest absolute Gasteiger partial charge is 0.328 e. The zero-order valence-electron chi connectivity index (χ0n) is 32.5. The van der Waals surface area contributed by atoms with Gasteiger partial charge in [0.05, 0.1) is 0 Å². The summed E-state index contributed by atoms with van der Waals surface area (Å²) in [5.41, 5.74) is 3.35. The highest BCUT2D eigenvalue weighted by Gasteiger charge is 2.11. The van der Waals surface area contributed by atoms with Gasteiger partial charge < -0.3 is 21.3 Å². The van der Waals surface area contributed by atoms with Crippen molar-refractivity contribution < 1.29 is 19.2 Å². The van der Waals surface area contributed by atoms with Crippen LogP contribution in [0.25, 0.3) is 12.2 Å². The molecule has 6 N–H and O–H groups in total. The monoisotopic (exact) mass is 808 g/mol. The number of hydrogen-bond donors (Lipinski definition) is 6. The fourth-order valence-corrected chi connectivity index (χ4v) is 5.82. The van der Waals surface area contributed by atoms with Crippen LogP contribution in [0.3, 0.4) is 0 Å². The maximum Gasteiger partial charge on any atom is 0.328 e. The minimum Gasteiger partial charge on any atom is -0.326 e. The number of hydrogen-bond acceptors (Lipinski definition) is 8. The van der Waals surface area contributed by atoms with Crippen LogP contribution in [0.2, 0.25) is 0 Å². The minimum atomic E-state index is -0.586. The zero-order valence-corrected chi connectivity index (χ0v) is 32.5. The van der Waals surface area contributed by atoms with Crippen molar-refractivity contribution in [3.63, 3.8) is 0 Å². The normalized spacial score (nSPS) is 10.9. The number of aromatic amines is 2. The number of aryl methyl sites for hydroxylation is 4. The summed E-state index contributed by atoms with van der Waals surface area (Å²) in [5.74, 6) is -1.33. The van der Waals surface area contributed by atoms with Crippen molar-refractivity contribution in [3.8, 4) is 0 Å². The number of benzene rings is 4. The minimum absolute atomic E-state index is 0.00639. The third-order valence-electron chi connectivity index (χ3n) is 9.20. The van der Waals surface area contributed by atoms with E-state index in [2.05, 4.69) is 31.2 Å². The lowest BCUT2D eigenvalue weighted by molar-refractivity contribution is -0.117. The molecule has 6 rings (SSSR count). The van der Waals surface area contributed by atoms with Gasteiger partial charge in [-0.2, -0.15) is 0 Å². The number of nitrogens with zero attached hydrogens (tertiary/aromatic N) is 2. The molecule has 304 valence electrons.